The number of amides is 1. The normalized spacial score (nSPS) is 13.8. The third kappa shape index (κ3) is 3.78. The molecule has 1 aliphatic heterocycles. The average Bonchev–Trinajstić information content (AvgIpc) is 3.18. The number of carbonyl (C=O) groups excluding carboxylic acids is 1. The highest BCUT2D eigenvalue weighted by Crippen LogP contribution is 2.39. The molecule has 161 valence electrons. The van der Waals surface area contributed by atoms with Crippen LogP contribution in [0.3, 0.4) is 0 Å². The summed E-state index contributed by atoms with van der Waals surface area (Å²) in [6.45, 7) is 0.472. The Labute approximate surface area is 195 Å². The maximum absolute atomic E-state index is 13.2. The monoisotopic (exact) mass is 465 g/mol. The van der Waals surface area contributed by atoms with Crippen molar-refractivity contribution in [1.82, 2.24) is 9.88 Å². The highest BCUT2D eigenvalue weighted by atomic mass is 35.5. The second-order valence-electron chi connectivity index (χ2n) is 7.47. The zero-order valence-corrected chi connectivity index (χ0v) is 18.7. The largest absolute Gasteiger partial charge is 0.497 e. The van der Waals surface area contributed by atoms with Crippen LogP contribution in [0.2, 0.25) is 10.0 Å². The fraction of sp³-hybridized carbons (Fsp3) is 0.120. The summed E-state index contributed by atoms with van der Waals surface area (Å²) in [5.74, 6) is 1.17. The molecule has 0 unspecified atom stereocenters. The second kappa shape index (κ2) is 8.41. The van der Waals surface area contributed by atoms with E-state index in [4.69, 9.17) is 32.7 Å². The first kappa shape index (κ1) is 20.7. The summed E-state index contributed by atoms with van der Waals surface area (Å²) >= 11 is 12.2. The van der Waals surface area contributed by atoms with E-state index in [1.807, 2.05) is 42.5 Å². The molecule has 0 spiro atoms. The van der Waals surface area contributed by atoms with Gasteiger partial charge in [0, 0.05) is 27.5 Å². The molecule has 0 fully saturated rings. The highest BCUT2D eigenvalue weighted by molar-refractivity contribution is 6.31. The Morgan fingerprint density at radius 2 is 1.62 bits per heavy atom. The number of hydrogen-bond donors (Lipinski definition) is 1. The van der Waals surface area contributed by atoms with Crippen molar-refractivity contribution in [2.24, 2.45) is 0 Å². The minimum Gasteiger partial charge on any atom is -0.497 e. The molecule has 0 bridgehead atoms. The summed E-state index contributed by atoms with van der Waals surface area (Å²) < 4.78 is 11.0. The van der Waals surface area contributed by atoms with Gasteiger partial charge < -0.3 is 14.5 Å². The zero-order chi connectivity index (χ0) is 22.2. The molecule has 5 rings (SSSR count). The number of nitrogens with zero attached hydrogens (tertiary/aromatic N) is 1. The van der Waals surface area contributed by atoms with Gasteiger partial charge in [-0.2, -0.15) is 0 Å². The zero-order valence-electron chi connectivity index (χ0n) is 17.2. The smallest absolute Gasteiger partial charge is 0.416 e. The molecule has 0 atom stereocenters. The van der Waals surface area contributed by atoms with Crippen molar-refractivity contribution in [3.05, 3.63) is 99.6 Å². The van der Waals surface area contributed by atoms with Crippen LogP contribution >= 0.6 is 23.2 Å². The van der Waals surface area contributed by atoms with Crippen LogP contribution in [-0.2, 0) is 6.42 Å². The number of ether oxygens (including phenoxy) is 2. The molecule has 4 aromatic rings. The predicted molar refractivity (Wildman–Crippen MR) is 126 cm³/mol. The van der Waals surface area contributed by atoms with Crippen LogP contribution in [0.5, 0.6) is 11.5 Å². The van der Waals surface area contributed by atoms with Crippen LogP contribution in [0.15, 0.2) is 66.7 Å². The number of fused-ring (bicyclic) bond motifs is 3. The maximum atomic E-state index is 13.2. The number of nitrogens with one attached hydrogen (secondary N) is 1. The molecular formula is C25H19Cl2N2O3. The summed E-state index contributed by atoms with van der Waals surface area (Å²) in [6.07, 6.45) is 0.214. The van der Waals surface area contributed by atoms with E-state index in [0.29, 0.717) is 28.8 Å². The van der Waals surface area contributed by atoms with E-state index < -0.39 is 6.09 Å². The Hall–Kier alpha value is -3.15. The van der Waals surface area contributed by atoms with E-state index in [9.17, 15) is 4.79 Å². The summed E-state index contributed by atoms with van der Waals surface area (Å²) in [5.41, 5.74) is 3.85. The lowest BCUT2D eigenvalue weighted by Gasteiger charge is -2.34. The van der Waals surface area contributed by atoms with Gasteiger partial charge in [0.2, 0.25) is 0 Å². The predicted octanol–water partition coefficient (Wildman–Crippen LogP) is 6.47. The van der Waals surface area contributed by atoms with E-state index in [2.05, 4.69) is 4.98 Å². The number of halogens is 2. The molecule has 1 radical (unpaired) electrons. The van der Waals surface area contributed by atoms with Crippen molar-refractivity contribution in [3.63, 3.8) is 0 Å². The Morgan fingerprint density at radius 3 is 2.34 bits per heavy atom. The van der Waals surface area contributed by atoms with E-state index in [0.717, 1.165) is 39.5 Å². The Balaban J connectivity index is 1.57. The van der Waals surface area contributed by atoms with E-state index in [-0.39, 0.29) is 0 Å². The third-order valence-electron chi connectivity index (χ3n) is 5.56. The first-order chi connectivity index (χ1) is 15.5. The standard InChI is InChI=1S/C25H19Cl2N2O3/c1-31-18-7-2-15(3-8-18)24-23-20(21-14-17(27)6-11-22(21)28-23)12-13-29(24)25(30)32-19-9-4-16(26)5-10-19/h2-11,14,28H,12-13H2,1H3. The fourth-order valence-electron chi connectivity index (χ4n) is 4.04. The van der Waals surface area contributed by atoms with Crippen molar-refractivity contribution < 1.29 is 14.3 Å². The van der Waals surface area contributed by atoms with Crippen molar-refractivity contribution in [2.45, 2.75) is 6.42 Å². The van der Waals surface area contributed by atoms with Gasteiger partial charge in [0.1, 0.15) is 17.5 Å². The molecule has 3 aromatic carbocycles. The van der Waals surface area contributed by atoms with Gasteiger partial charge in [0.25, 0.3) is 0 Å². The van der Waals surface area contributed by atoms with Crippen LogP contribution in [0.25, 0.3) is 10.9 Å². The van der Waals surface area contributed by atoms with Crippen LogP contribution < -0.4 is 9.47 Å². The third-order valence-corrected chi connectivity index (χ3v) is 6.05. The summed E-state index contributed by atoms with van der Waals surface area (Å²) in [4.78, 5) is 18.4. The number of carbonyl (C=O) groups is 1. The lowest BCUT2D eigenvalue weighted by Crippen LogP contribution is -2.42. The number of hydrogen-bond acceptors (Lipinski definition) is 3. The molecule has 1 aromatic heterocycles. The number of aromatic nitrogens is 1. The molecule has 0 saturated heterocycles. The van der Waals surface area contributed by atoms with Crippen molar-refractivity contribution in [3.8, 4) is 11.5 Å². The molecule has 7 heteroatoms. The number of aromatic amines is 1. The summed E-state index contributed by atoms with van der Waals surface area (Å²) in [5, 5.41) is 2.31. The van der Waals surface area contributed by atoms with Gasteiger partial charge in [-0.15, -0.1) is 0 Å². The van der Waals surface area contributed by atoms with Gasteiger partial charge in [-0.3, -0.25) is 4.90 Å². The number of methoxy groups -OCH3 is 1. The average molecular weight is 466 g/mol. The molecule has 2 heterocycles. The topological polar surface area (TPSA) is 54.6 Å². The molecule has 1 amide bonds. The van der Waals surface area contributed by atoms with Gasteiger partial charge in [-0.05, 0) is 72.1 Å². The highest BCUT2D eigenvalue weighted by Gasteiger charge is 2.36. The van der Waals surface area contributed by atoms with Crippen molar-refractivity contribution in [2.75, 3.05) is 13.7 Å². The number of H-pyrrole nitrogens is 1. The minimum absolute atomic E-state index is 0.433. The SMILES string of the molecule is COc1ccc([C]2c3[nH]c4ccc(Cl)cc4c3CCN2C(=O)Oc2ccc(Cl)cc2)cc1. The first-order valence-corrected chi connectivity index (χ1v) is 10.9. The molecule has 32 heavy (non-hydrogen) atoms. The number of benzene rings is 3. The maximum Gasteiger partial charge on any atom is 0.416 e. The van der Waals surface area contributed by atoms with Crippen LogP contribution in [0, 0.1) is 6.04 Å². The molecule has 1 aliphatic rings. The lowest BCUT2D eigenvalue weighted by atomic mass is 9.92. The number of rotatable bonds is 3. The molecule has 0 saturated carbocycles. The first-order valence-electron chi connectivity index (χ1n) is 10.1. The van der Waals surface area contributed by atoms with E-state index in [1.54, 1.807) is 36.3 Å². The van der Waals surface area contributed by atoms with Gasteiger partial charge in [0.05, 0.1) is 12.8 Å². The molecule has 5 nitrogen and oxygen atoms in total. The minimum atomic E-state index is -0.458. The van der Waals surface area contributed by atoms with Gasteiger partial charge in [0.15, 0.2) is 0 Å². The Kier molecular flexibility index (Phi) is 5.45. The fourth-order valence-corrected chi connectivity index (χ4v) is 4.34. The van der Waals surface area contributed by atoms with Crippen molar-refractivity contribution >= 4 is 40.2 Å². The Morgan fingerprint density at radius 1 is 0.938 bits per heavy atom. The lowest BCUT2D eigenvalue weighted by molar-refractivity contribution is 0.158. The molecule has 1 N–H and O–H groups in total. The molecule has 0 aliphatic carbocycles. The second-order valence-corrected chi connectivity index (χ2v) is 8.34. The van der Waals surface area contributed by atoms with Gasteiger partial charge >= 0.3 is 6.09 Å². The van der Waals surface area contributed by atoms with Gasteiger partial charge in [-0.25, -0.2) is 4.79 Å². The van der Waals surface area contributed by atoms with Crippen LogP contribution in [0.1, 0.15) is 16.8 Å². The van der Waals surface area contributed by atoms with E-state index >= 15 is 0 Å². The quantitative estimate of drug-likeness (QED) is 0.377. The van der Waals surface area contributed by atoms with E-state index in [1.165, 1.54) is 0 Å². The Bertz CT molecular complexity index is 1280. The van der Waals surface area contributed by atoms with Gasteiger partial charge in [-0.1, -0.05) is 35.3 Å². The van der Waals surface area contributed by atoms with Crippen LogP contribution in [0.4, 0.5) is 4.79 Å². The molecular weight excluding hydrogens is 447 g/mol. The summed E-state index contributed by atoms with van der Waals surface area (Å²) in [7, 11) is 1.62. The van der Waals surface area contributed by atoms with Crippen LogP contribution in [-0.4, -0.2) is 29.6 Å². The summed E-state index contributed by atoms with van der Waals surface area (Å²) in [6, 6.07) is 20.9. The van der Waals surface area contributed by atoms with Crippen molar-refractivity contribution in [1.29, 1.82) is 0 Å².